The van der Waals surface area contributed by atoms with E-state index in [0.717, 1.165) is 18.8 Å². The molecule has 0 spiro atoms. The van der Waals surface area contributed by atoms with Crippen LogP contribution in [-0.4, -0.2) is 23.9 Å². The first-order valence-corrected chi connectivity index (χ1v) is 4.91. The molecule has 0 bridgehead atoms. The van der Waals surface area contributed by atoms with Crippen LogP contribution in [0, 0.1) is 0 Å². The van der Waals surface area contributed by atoms with Gasteiger partial charge in [-0.05, 0) is 26.0 Å². The standard InChI is InChI=1S/C11H16N2O/c1-4-13(5-2)10-6-7-11(9(3)14)12-8-10/h6-8H,4-5H2,1-3H3. The molecule has 0 radical (unpaired) electrons. The second kappa shape index (κ2) is 4.74. The Bertz CT molecular complexity index is 302. The fourth-order valence-electron chi connectivity index (χ4n) is 1.37. The molecule has 0 fully saturated rings. The summed E-state index contributed by atoms with van der Waals surface area (Å²) in [6.07, 6.45) is 1.75. The minimum Gasteiger partial charge on any atom is -0.371 e. The quantitative estimate of drug-likeness (QED) is 0.685. The number of rotatable bonds is 4. The maximum atomic E-state index is 11.0. The number of anilines is 1. The molecule has 1 aromatic heterocycles. The first-order valence-electron chi connectivity index (χ1n) is 4.91. The zero-order valence-electron chi connectivity index (χ0n) is 8.95. The summed E-state index contributed by atoms with van der Waals surface area (Å²) in [4.78, 5) is 17.3. The lowest BCUT2D eigenvalue weighted by Crippen LogP contribution is -2.21. The van der Waals surface area contributed by atoms with Crippen molar-refractivity contribution in [2.75, 3.05) is 18.0 Å². The van der Waals surface area contributed by atoms with Crippen molar-refractivity contribution >= 4 is 11.5 Å². The average Bonchev–Trinajstić information content (AvgIpc) is 2.20. The first-order chi connectivity index (χ1) is 6.69. The molecule has 0 aliphatic rings. The van der Waals surface area contributed by atoms with Crippen LogP contribution in [0.25, 0.3) is 0 Å². The van der Waals surface area contributed by atoms with Crippen molar-refractivity contribution in [2.24, 2.45) is 0 Å². The van der Waals surface area contributed by atoms with Crippen LogP contribution in [0.3, 0.4) is 0 Å². The molecule has 0 saturated heterocycles. The zero-order valence-corrected chi connectivity index (χ0v) is 8.95. The Hall–Kier alpha value is -1.38. The lowest BCUT2D eigenvalue weighted by atomic mass is 10.2. The van der Waals surface area contributed by atoms with E-state index in [9.17, 15) is 4.79 Å². The molecule has 3 nitrogen and oxygen atoms in total. The highest BCUT2D eigenvalue weighted by Crippen LogP contribution is 2.12. The van der Waals surface area contributed by atoms with Crippen molar-refractivity contribution < 1.29 is 4.79 Å². The maximum absolute atomic E-state index is 11.0. The first kappa shape index (κ1) is 10.7. The summed E-state index contributed by atoms with van der Waals surface area (Å²) >= 11 is 0. The van der Waals surface area contributed by atoms with E-state index in [4.69, 9.17) is 0 Å². The normalized spacial score (nSPS) is 9.93. The number of Topliss-reactive ketones (excluding diaryl/α,β-unsaturated/α-hetero) is 1. The fourth-order valence-corrected chi connectivity index (χ4v) is 1.37. The van der Waals surface area contributed by atoms with Crippen LogP contribution in [0.2, 0.25) is 0 Å². The van der Waals surface area contributed by atoms with Crippen LogP contribution in [0.5, 0.6) is 0 Å². The molecule has 0 amide bonds. The molecule has 0 aliphatic carbocycles. The average molecular weight is 192 g/mol. The summed E-state index contributed by atoms with van der Waals surface area (Å²) in [5, 5.41) is 0. The van der Waals surface area contributed by atoms with Gasteiger partial charge < -0.3 is 4.90 Å². The van der Waals surface area contributed by atoms with Gasteiger partial charge in [-0.1, -0.05) is 0 Å². The summed E-state index contributed by atoms with van der Waals surface area (Å²) < 4.78 is 0. The molecule has 1 aromatic rings. The highest BCUT2D eigenvalue weighted by molar-refractivity contribution is 5.92. The monoisotopic (exact) mass is 192 g/mol. The Kier molecular flexibility index (Phi) is 3.63. The van der Waals surface area contributed by atoms with Crippen molar-refractivity contribution in [3.05, 3.63) is 24.0 Å². The van der Waals surface area contributed by atoms with Gasteiger partial charge in [0.15, 0.2) is 5.78 Å². The molecule has 0 atom stereocenters. The number of hydrogen-bond donors (Lipinski definition) is 0. The second-order valence-corrected chi connectivity index (χ2v) is 3.13. The highest BCUT2D eigenvalue weighted by atomic mass is 16.1. The molecular weight excluding hydrogens is 176 g/mol. The van der Waals surface area contributed by atoms with Gasteiger partial charge in [0.2, 0.25) is 0 Å². The maximum Gasteiger partial charge on any atom is 0.178 e. The van der Waals surface area contributed by atoms with E-state index in [-0.39, 0.29) is 5.78 Å². The van der Waals surface area contributed by atoms with Gasteiger partial charge in [-0.25, -0.2) is 0 Å². The molecule has 0 aromatic carbocycles. The van der Waals surface area contributed by atoms with Crippen molar-refractivity contribution in [1.29, 1.82) is 0 Å². The van der Waals surface area contributed by atoms with E-state index in [0.29, 0.717) is 5.69 Å². The number of pyridine rings is 1. The minimum atomic E-state index is 0.0103. The predicted octanol–water partition coefficient (Wildman–Crippen LogP) is 2.13. The van der Waals surface area contributed by atoms with Crippen LogP contribution in [0.15, 0.2) is 18.3 Å². The number of aromatic nitrogens is 1. The molecule has 0 aliphatic heterocycles. The summed E-state index contributed by atoms with van der Waals surface area (Å²) in [6, 6.07) is 3.72. The predicted molar refractivity (Wildman–Crippen MR) is 57.8 cm³/mol. The molecule has 1 heterocycles. The largest absolute Gasteiger partial charge is 0.371 e. The summed E-state index contributed by atoms with van der Waals surface area (Å²) in [5.74, 6) is 0.0103. The Morgan fingerprint density at radius 2 is 2.00 bits per heavy atom. The molecule has 1 rings (SSSR count). The van der Waals surface area contributed by atoms with E-state index < -0.39 is 0 Å². The summed E-state index contributed by atoms with van der Waals surface area (Å²) in [6.45, 7) is 7.64. The number of nitrogens with zero attached hydrogens (tertiary/aromatic N) is 2. The number of hydrogen-bond acceptors (Lipinski definition) is 3. The van der Waals surface area contributed by atoms with Gasteiger partial charge in [0, 0.05) is 20.0 Å². The molecule has 76 valence electrons. The van der Waals surface area contributed by atoms with Crippen LogP contribution >= 0.6 is 0 Å². The fraction of sp³-hybridized carbons (Fsp3) is 0.455. The van der Waals surface area contributed by atoms with Gasteiger partial charge in [0.05, 0.1) is 11.9 Å². The van der Waals surface area contributed by atoms with Crippen molar-refractivity contribution in [3.8, 4) is 0 Å². The van der Waals surface area contributed by atoms with Gasteiger partial charge in [0.25, 0.3) is 0 Å². The molecular formula is C11H16N2O. The molecule has 14 heavy (non-hydrogen) atoms. The van der Waals surface area contributed by atoms with E-state index >= 15 is 0 Å². The van der Waals surface area contributed by atoms with Crippen molar-refractivity contribution in [3.63, 3.8) is 0 Å². The third kappa shape index (κ3) is 2.31. The topological polar surface area (TPSA) is 33.2 Å². The van der Waals surface area contributed by atoms with Crippen LogP contribution in [0.4, 0.5) is 5.69 Å². The van der Waals surface area contributed by atoms with Crippen molar-refractivity contribution in [1.82, 2.24) is 4.98 Å². The number of ketones is 1. The summed E-state index contributed by atoms with van der Waals surface area (Å²) in [5.41, 5.74) is 1.60. The molecule has 3 heteroatoms. The smallest absolute Gasteiger partial charge is 0.178 e. The highest BCUT2D eigenvalue weighted by Gasteiger charge is 2.04. The number of carbonyl (C=O) groups excluding carboxylic acids is 1. The van der Waals surface area contributed by atoms with Gasteiger partial charge in [-0.3, -0.25) is 9.78 Å². The van der Waals surface area contributed by atoms with E-state index in [1.807, 2.05) is 6.07 Å². The van der Waals surface area contributed by atoms with E-state index in [1.165, 1.54) is 6.92 Å². The van der Waals surface area contributed by atoms with E-state index in [1.54, 1.807) is 12.3 Å². The molecule has 0 N–H and O–H groups in total. The Morgan fingerprint density at radius 1 is 1.36 bits per heavy atom. The second-order valence-electron chi connectivity index (χ2n) is 3.13. The van der Waals surface area contributed by atoms with Crippen LogP contribution in [0.1, 0.15) is 31.3 Å². The molecule has 0 saturated carbocycles. The zero-order chi connectivity index (χ0) is 10.6. The molecule has 0 unspecified atom stereocenters. The lowest BCUT2D eigenvalue weighted by Gasteiger charge is -2.20. The summed E-state index contributed by atoms with van der Waals surface area (Å²) in [7, 11) is 0. The van der Waals surface area contributed by atoms with Crippen molar-refractivity contribution in [2.45, 2.75) is 20.8 Å². The van der Waals surface area contributed by atoms with Gasteiger partial charge in [-0.2, -0.15) is 0 Å². The third-order valence-electron chi connectivity index (χ3n) is 2.24. The Morgan fingerprint density at radius 3 is 2.36 bits per heavy atom. The van der Waals surface area contributed by atoms with Gasteiger partial charge >= 0.3 is 0 Å². The van der Waals surface area contributed by atoms with Crippen LogP contribution < -0.4 is 4.90 Å². The number of carbonyl (C=O) groups is 1. The SMILES string of the molecule is CCN(CC)c1ccc(C(C)=O)nc1. The Labute approximate surface area is 84.8 Å². The van der Waals surface area contributed by atoms with Crippen LogP contribution in [-0.2, 0) is 0 Å². The third-order valence-corrected chi connectivity index (χ3v) is 2.24. The minimum absolute atomic E-state index is 0.0103. The Balaban J connectivity index is 2.87. The lowest BCUT2D eigenvalue weighted by molar-refractivity contribution is 0.101. The van der Waals surface area contributed by atoms with E-state index in [2.05, 4.69) is 23.7 Å². The van der Waals surface area contributed by atoms with Gasteiger partial charge in [-0.15, -0.1) is 0 Å². The van der Waals surface area contributed by atoms with Gasteiger partial charge in [0.1, 0.15) is 5.69 Å².